The molecule has 0 aliphatic rings. The summed E-state index contributed by atoms with van der Waals surface area (Å²) < 4.78 is 0. The van der Waals surface area contributed by atoms with Crippen LogP contribution in [0.15, 0.2) is 36.7 Å². The summed E-state index contributed by atoms with van der Waals surface area (Å²) in [6.07, 6.45) is 3.66. The van der Waals surface area contributed by atoms with Crippen LogP contribution in [0.4, 0.5) is 0 Å². The molecule has 0 saturated carbocycles. The molecule has 0 spiro atoms. The van der Waals surface area contributed by atoms with Gasteiger partial charge in [0.1, 0.15) is 0 Å². The van der Waals surface area contributed by atoms with Gasteiger partial charge in [-0.05, 0) is 37.6 Å². The molecule has 14 heavy (non-hydrogen) atoms. The Hall–Kier alpha value is -1.70. The highest BCUT2D eigenvalue weighted by molar-refractivity contribution is 5.62. The van der Waals surface area contributed by atoms with Gasteiger partial charge in [-0.25, -0.2) is 0 Å². The number of nitrogens with zero attached hydrogens (tertiary/aromatic N) is 2. The highest BCUT2D eigenvalue weighted by atomic mass is 14.7. The molecule has 0 radical (unpaired) electrons. The SMILES string of the molecule is Cc1cccc(-c2ccncc2C)n1. The normalized spacial score (nSPS) is 10.1. The average molecular weight is 184 g/mol. The molecule has 70 valence electrons. The molecule has 0 saturated heterocycles. The van der Waals surface area contributed by atoms with Crippen molar-refractivity contribution >= 4 is 0 Å². The van der Waals surface area contributed by atoms with E-state index in [9.17, 15) is 0 Å². The first-order valence-electron chi connectivity index (χ1n) is 4.62. The lowest BCUT2D eigenvalue weighted by Crippen LogP contribution is -1.89. The number of hydrogen-bond donors (Lipinski definition) is 0. The van der Waals surface area contributed by atoms with Crippen molar-refractivity contribution in [1.82, 2.24) is 9.97 Å². The second kappa shape index (κ2) is 3.58. The molecule has 2 aromatic rings. The molecule has 2 aromatic heterocycles. The van der Waals surface area contributed by atoms with Gasteiger partial charge in [0.05, 0.1) is 5.69 Å². The molecular formula is C12H12N2. The fourth-order valence-corrected chi connectivity index (χ4v) is 1.45. The smallest absolute Gasteiger partial charge is 0.0708 e. The van der Waals surface area contributed by atoms with Crippen LogP contribution >= 0.6 is 0 Å². The van der Waals surface area contributed by atoms with E-state index in [4.69, 9.17) is 0 Å². The van der Waals surface area contributed by atoms with Gasteiger partial charge in [0, 0.05) is 23.7 Å². The first-order chi connectivity index (χ1) is 6.77. The van der Waals surface area contributed by atoms with Crippen molar-refractivity contribution in [2.75, 3.05) is 0 Å². The van der Waals surface area contributed by atoms with Gasteiger partial charge in [0.2, 0.25) is 0 Å². The van der Waals surface area contributed by atoms with Crippen LogP contribution < -0.4 is 0 Å². The molecule has 0 bridgehead atoms. The van der Waals surface area contributed by atoms with Gasteiger partial charge in [-0.3, -0.25) is 9.97 Å². The number of pyridine rings is 2. The molecule has 2 heteroatoms. The van der Waals surface area contributed by atoms with Gasteiger partial charge in [-0.15, -0.1) is 0 Å². The average Bonchev–Trinajstić information content (AvgIpc) is 2.18. The van der Waals surface area contributed by atoms with Crippen molar-refractivity contribution in [1.29, 1.82) is 0 Å². The van der Waals surface area contributed by atoms with Gasteiger partial charge >= 0.3 is 0 Å². The van der Waals surface area contributed by atoms with E-state index in [1.165, 1.54) is 0 Å². The molecule has 2 heterocycles. The summed E-state index contributed by atoms with van der Waals surface area (Å²) in [4.78, 5) is 8.54. The minimum atomic E-state index is 1.02. The summed E-state index contributed by atoms with van der Waals surface area (Å²) >= 11 is 0. The second-order valence-corrected chi connectivity index (χ2v) is 3.35. The fourth-order valence-electron chi connectivity index (χ4n) is 1.45. The van der Waals surface area contributed by atoms with E-state index in [1.54, 1.807) is 6.20 Å². The van der Waals surface area contributed by atoms with Crippen molar-refractivity contribution < 1.29 is 0 Å². The molecular weight excluding hydrogens is 172 g/mol. The van der Waals surface area contributed by atoms with E-state index >= 15 is 0 Å². The Morgan fingerprint density at radius 2 is 1.93 bits per heavy atom. The number of hydrogen-bond acceptors (Lipinski definition) is 2. The zero-order valence-electron chi connectivity index (χ0n) is 8.36. The minimum absolute atomic E-state index is 1.02. The number of aryl methyl sites for hydroxylation is 2. The monoisotopic (exact) mass is 184 g/mol. The summed E-state index contributed by atoms with van der Waals surface area (Å²) in [5.41, 5.74) is 4.37. The van der Waals surface area contributed by atoms with Crippen LogP contribution in [-0.4, -0.2) is 9.97 Å². The van der Waals surface area contributed by atoms with E-state index in [-0.39, 0.29) is 0 Å². The van der Waals surface area contributed by atoms with Gasteiger partial charge in [-0.1, -0.05) is 6.07 Å². The summed E-state index contributed by atoms with van der Waals surface area (Å²) in [6.45, 7) is 4.05. The molecule has 0 aliphatic carbocycles. The maximum absolute atomic E-state index is 4.48. The molecule has 0 aliphatic heterocycles. The quantitative estimate of drug-likeness (QED) is 0.681. The third-order valence-electron chi connectivity index (χ3n) is 2.18. The first-order valence-corrected chi connectivity index (χ1v) is 4.62. The summed E-state index contributed by atoms with van der Waals surface area (Å²) in [7, 11) is 0. The van der Waals surface area contributed by atoms with Crippen molar-refractivity contribution in [3.05, 3.63) is 47.9 Å². The number of rotatable bonds is 1. The van der Waals surface area contributed by atoms with Crippen molar-refractivity contribution in [3.63, 3.8) is 0 Å². The topological polar surface area (TPSA) is 25.8 Å². The third-order valence-corrected chi connectivity index (χ3v) is 2.18. The van der Waals surface area contributed by atoms with Crippen LogP contribution in [0.1, 0.15) is 11.3 Å². The predicted molar refractivity (Wildman–Crippen MR) is 56.9 cm³/mol. The standard InChI is InChI=1S/C12H12N2/c1-9-8-13-7-6-11(9)12-5-3-4-10(2)14-12/h3-8H,1-2H3. The maximum atomic E-state index is 4.48. The van der Waals surface area contributed by atoms with Crippen LogP contribution in [-0.2, 0) is 0 Å². The Morgan fingerprint density at radius 3 is 2.64 bits per heavy atom. The summed E-state index contributed by atoms with van der Waals surface area (Å²) in [5.74, 6) is 0. The lowest BCUT2D eigenvalue weighted by atomic mass is 10.1. The Balaban J connectivity index is 2.55. The van der Waals surface area contributed by atoms with Gasteiger partial charge in [0.25, 0.3) is 0 Å². The van der Waals surface area contributed by atoms with Gasteiger partial charge in [0.15, 0.2) is 0 Å². The zero-order chi connectivity index (χ0) is 9.97. The molecule has 2 rings (SSSR count). The van der Waals surface area contributed by atoms with Crippen LogP contribution in [0.3, 0.4) is 0 Å². The van der Waals surface area contributed by atoms with E-state index in [0.717, 1.165) is 22.5 Å². The molecule has 0 aromatic carbocycles. The van der Waals surface area contributed by atoms with Crippen LogP contribution in [0, 0.1) is 13.8 Å². The molecule has 0 N–H and O–H groups in total. The van der Waals surface area contributed by atoms with Gasteiger partial charge < -0.3 is 0 Å². The van der Waals surface area contributed by atoms with Crippen LogP contribution in [0.2, 0.25) is 0 Å². The van der Waals surface area contributed by atoms with Crippen LogP contribution in [0.25, 0.3) is 11.3 Å². The first kappa shape index (κ1) is 8.88. The van der Waals surface area contributed by atoms with Crippen molar-refractivity contribution in [3.8, 4) is 11.3 Å². The Kier molecular flexibility index (Phi) is 2.27. The molecule has 2 nitrogen and oxygen atoms in total. The van der Waals surface area contributed by atoms with Crippen molar-refractivity contribution in [2.24, 2.45) is 0 Å². The predicted octanol–water partition coefficient (Wildman–Crippen LogP) is 2.76. The van der Waals surface area contributed by atoms with Crippen molar-refractivity contribution in [2.45, 2.75) is 13.8 Å². The Morgan fingerprint density at radius 1 is 1.07 bits per heavy atom. The van der Waals surface area contributed by atoms with E-state index in [1.807, 2.05) is 44.3 Å². The third kappa shape index (κ3) is 1.64. The second-order valence-electron chi connectivity index (χ2n) is 3.35. The minimum Gasteiger partial charge on any atom is -0.264 e. The van der Waals surface area contributed by atoms with E-state index in [2.05, 4.69) is 9.97 Å². The Labute approximate surface area is 83.7 Å². The summed E-state index contributed by atoms with van der Waals surface area (Å²) in [5, 5.41) is 0. The lowest BCUT2D eigenvalue weighted by molar-refractivity contribution is 1.19. The molecule has 0 unspecified atom stereocenters. The Bertz CT molecular complexity index is 450. The molecule has 0 fully saturated rings. The maximum Gasteiger partial charge on any atom is 0.0708 e. The van der Waals surface area contributed by atoms with E-state index < -0.39 is 0 Å². The van der Waals surface area contributed by atoms with Crippen LogP contribution in [0.5, 0.6) is 0 Å². The number of aromatic nitrogens is 2. The highest BCUT2D eigenvalue weighted by Gasteiger charge is 2.01. The zero-order valence-corrected chi connectivity index (χ0v) is 8.36. The molecule has 0 atom stereocenters. The molecule has 0 amide bonds. The lowest BCUT2D eigenvalue weighted by Gasteiger charge is -2.04. The van der Waals surface area contributed by atoms with E-state index in [0.29, 0.717) is 0 Å². The highest BCUT2D eigenvalue weighted by Crippen LogP contribution is 2.19. The largest absolute Gasteiger partial charge is 0.264 e. The fraction of sp³-hybridized carbons (Fsp3) is 0.167. The summed E-state index contributed by atoms with van der Waals surface area (Å²) in [6, 6.07) is 8.05. The van der Waals surface area contributed by atoms with Gasteiger partial charge in [-0.2, -0.15) is 0 Å².